The topological polar surface area (TPSA) is 27.7 Å². The van der Waals surface area contributed by atoms with Crippen molar-refractivity contribution in [2.24, 2.45) is 0 Å². The van der Waals surface area contributed by atoms with Gasteiger partial charge in [0.15, 0.2) is 0 Å². The molecule has 0 bridgehead atoms. The summed E-state index contributed by atoms with van der Waals surface area (Å²) in [5.41, 5.74) is 0. The predicted octanol–water partition coefficient (Wildman–Crippen LogP) is 1.80. The molecule has 0 aliphatic heterocycles. The Balaban J connectivity index is 3.58. The molecular weight excluding hydrogens is 211 g/mol. The summed E-state index contributed by atoms with van der Waals surface area (Å²) in [6.45, 7) is 5.71. The highest BCUT2D eigenvalue weighted by Gasteiger charge is 2.22. The normalized spacial score (nSPS) is 13.6. The van der Waals surface area contributed by atoms with Gasteiger partial charge in [0.05, 0.1) is 5.01 Å². The van der Waals surface area contributed by atoms with Gasteiger partial charge in [-0.15, -0.1) is 0 Å². The van der Waals surface area contributed by atoms with E-state index in [9.17, 15) is 0 Å². The molecule has 5 heteroatoms. The molecule has 11 heavy (non-hydrogen) atoms. The fraction of sp³-hybridized carbons (Fsp3) is 1.00. The molecule has 0 aliphatic carbocycles. The van der Waals surface area contributed by atoms with Crippen LogP contribution in [0.2, 0.25) is 0 Å². The Morgan fingerprint density at radius 2 is 1.73 bits per heavy atom. The standard InChI is InChI=1S/C6H14BBrO3/c1-5(2)10-7(9-4)11-6(3)8/h5-6H,1-4H3. The summed E-state index contributed by atoms with van der Waals surface area (Å²) in [7, 11) is 0.965. The first-order valence-electron chi connectivity index (χ1n) is 3.54. The monoisotopic (exact) mass is 224 g/mol. The molecule has 0 radical (unpaired) electrons. The highest BCUT2D eigenvalue weighted by molar-refractivity contribution is 9.09. The van der Waals surface area contributed by atoms with Crippen molar-refractivity contribution in [1.29, 1.82) is 0 Å². The minimum Gasteiger partial charge on any atom is -0.389 e. The van der Waals surface area contributed by atoms with Crippen molar-refractivity contribution in [1.82, 2.24) is 0 Å². The van der Waals surface area contributed by atoms with E-state index in [0.717, 1.165) is 0 Å². The maximum absolute atomic E-state index is 5.24. The van der Waals surface area contributed by atoms with Crippen molar-refractivity contribution in [3.8, 4) is 0 Å². The van der Waals surface area contributed by atoms with E-state index in [2.05, 4.69) is 15.9 Å². The van der Waals surface area contributed by atoms with Crippen LogP contribution in [0.3, 0.4) is 0 Å². The van der Waals surface area contributed by atoms with Crippen molar-refractivity contribution in [3.63, 3.8) is 0 Å². The van der Waals surface area contributed by atoms with Gasteiger partial charge < -0.3 is 14.0 Å². The first-order valence-corrected chi connectivity index (χ1v) is 4.45. The van der Waals surface area contributed by atoms with Crippen molar-refractivity contribution in [2.75, 3.05) is 7.11 Å². The van der Waals surface area contributed by atoms with Crippen LogP contribution >= 0.6 is 15.9 Å². The largest absolute Gasteiger partial charge is 0.640 e. The second-order valence-electron chi connectivity index (χ2n) is 2.39. The molecular formula is C6H14BBrO3. The molecule has 0 amide bonds. The van der Waals surface area contributed by atoms with Gasteiger partial charge in [-0.2, -0.15) is 0 Å². The van der Waals surface area contributed by atoms with Crippen LogP contribution < -0.4 is 0 Å². The molecule has 0 spiro atoms. The zero-order valence-electron chi connectivity index (χ0n) is 7.33. The van der Waals surface area contributed by atoms with Gasteiger partial charge in [0.1, 0.15) is 0 Å². The number of halogens is 1. The van der Waals surface area contributed by atoms with Crippen LogP contribution in [0.1, 0.15) is 20.8 Å². The van der Waals surface area contributed by atoms with Crippen molar-refractivity contribution >= 4 is 23.3 Å². The number of hydrogen-bond donors (Lipinski definition) is 0. The molecule has 0 saturated carbocycles. The highest BCUT2D eigenvalue weighted by atomic mass is 79.9. The second-order valence-corrected chi connectivity index (χ2v) is 3.68. The highest BCUT2D eigenvalue weighted by Crippen LogP contribution is 2.05. The lowest BCUT2D eigenvalue weighted by Crippen LogP contribution is -2.30. The van der Waals surface area contributed by atoms with E-state index in [-0.39, 0.29) is 11.1 Å². The summed E-state index contributed by atoms with van der Waals surface area (Å²) in [6, 6.07) is 0. The Labute approximate surface area is 76.7 Å². The molecule has 0 aliphatic rings. The van der Waals surface area contributed by atoms with Crippen LogP contribution in [0, 0.1) is 0 Å². The van der Waals surface area contributed by atoms with E-state index in [1.807, 2.05) is 20.8 Å². The van der Waals surface area contributed by atoms with E-state index in [1.165, 1.54) is 0 Å². The first kappa shape index (κ1) is 11.4. The molecule has 0 aromatic heterocycles. The van der Waals surface area contributed by atoms with Gasteiger partial charge in [-0.3, -0.25) is 0 Å². The molecule has 3 nitrogen and oxygen atoms in total. The SMILES string of the molecule is COB(OC(C)C)OC(C)Br. The fourth-order valence-electron chi connectivity index (χ4n) is 0.519. The molecule has 1 atom stereocenters. The molecule has 0 saturated heterocycles. The summed E-state index contributed by atoms with van der Waals surface area (Å²) >= 11 is 3.22. The van der Waals surface area contributed by atoms with Gasteiger partial charge in [-0.1, -0.05) is 15.9 Å². The third kappa shape index (κ3) is 6.81. The smallest absolute Gasteiger partial charge is 0.389 e. The van der Waals surface area contributed by atoms with Crippen LogP contribution in [-0.2, 0) is 14.0 Å². The Morgan fingerprint density at radius 1 is 1.18 bits per heavy atom. The Kier molecular flexibility index (Phi) is 6.23. The Morgan fingerprint density at radius 3 is 2.00 bits per heavy atom. The Hall–Kier alpha value is 0.425. The van der Waals surface area contributed by atoms with E-state index in [0.29, 0.717) is 0 Å². The third-order valence-corrected chi connectivity index (χ3v) is 1.09. The molecule has 0 aromatic carbocycles. The maximum atomic E-state index is 5.24. The number of alkyl halides is 1. The molecule has 0 heterocycles. The van der Waals surface area contributed by atoms with E-state index >= 15 is 0 Å². The van der Waals surface area contributed by atoms with Crippen molar-refractivity contribution in [3.05, 3.63) is 0 Å². The maximum Gasteiger partial charge on any atom is 0.640 e. The lowest BCUT2D eigenvalue weighted by atomic mass is 10.2. The summed E-state index contributed by atoms with van der Waals surface area (Å²) in [4.78, 5) is 0. The summed E-state index contributed by atoms with van der Waals surface area (Å²) in [5.74, 6) is 0. The van der Waals surface area contributed by atoms with Gasteiger partial charge in [0.25, 0.3) is 0 Å². The van der Waals surface area contributed by atoms with Crippen LogP contribution in [0.5, 0.6) is 0 Å². The van der Waals surface area contributed by atoms with Gasteiger partial charge in [-0.05, 0) is 20.8 Å². The van der Waals surface area contributed by atoms with E-state index in [4.69, 9.17) is 14.0 Å². The van der Waals surface area contributed by atoms with Gasteiger partial charge in [0.2, 0.25) is 0 Å². The number of rotatable bonds is 5. The zero-order chi connectivity index (χ0) is 8.85. The molecule has 1 unspecified atom stereocenters. The van der Waals surface area contributed by atoms with E-state index in [1.54, 1.807) is 7.11 Å². The summed E-state index contributed by atoms with van der Waals surface area (Å²) in [6.07, 6.45) is 0.103. The lowest BCUT2D eigenvalue weighted by molar-refractivity contribution is 0.0835. The van der Waals surface area contributed by atoms with Crippen molar-refractivity contribution in [2.45, 2.75) is 31.9 Å². The quantitative estimate of drug-likeness (QED) is 0.527. The molecule has 66 valence electrons. The molecule has 0 rings (SSSR count). The van der Waals surface area contributed by atoms with E-state index < -0.39 is 7.32 Å². The lowest BCUT2D eigenvalue weighted by Gasteiger charge is -2.15. The number of hydrogen-bond acceptors (Lipinski definition) is 3. The second kappa shape index (κ2) is 6.00. The van der Waals surface area contributed by atoms with Gasteiger partial charge >= 0.3 is 7.32 Å². The van der Waals surface area contributed by atoms with Gasteiger partial charge in [-0.25, -0.2) is 0 Å². The summed E-state index contributed by atoms with van der Waals surface area (Å²) in [5, 5.41) is -0.0637. The van der Waals surface area contributed by atoms with Gasteiger partial charge in [0, 0.05) is 13.2 Å². The molecule has 0 aromatic rings. The molecule has 0 fully saturated rings. The van der Waals surface area contributed by atoms with Crippen LogP contribution in [0.15, 0.2) is 0 Å². The fourth-order valence-corrected chi connectivity index (χ4v) is 0.695. The summed E-state index contributed by atoms with van der Waals surface area (Å²) < 4.78 is 15.3. The third-order valence-electron chi connectivity index (χ3n) is 0.874. The predicted molar refractivity (Wildman–Crippen MR) is 48.5 cm³/mol. The average molecular weight is 225 g/mol. The zero-order valence-corrected chi connectivity index (χ0v) is 8.92. The van der Waals surface area contributed by atoms with Crippen LogP contribution in [-0.4, -0.2) is 25.5 Å². The minimum absolute atomic E-state index is 0.0637. The first-order chi connectivity index (χ1) is 5.06. The van der Waals surface area contributed by atoms with Crippen LogP contribution in [0.25, 0.3) is 0 Å². The average Bonchev–Trinajstić information content (AvgIpc) is 1.84. The minimum atomic E-state index is -0.579. The van der Waals surface area contributed by atoms with Crippen molar-refractivity contribution < 1.29 is 14.0 Å². The van der Waals surface area contributed by atoms with Crippen LogP contribution in [0.4, 0.5) is 0 Å². The molecule has 0 N–H and O–H groups in total. The Bertz CT molecular complexity index is 89.8.